The van der Waals surface area contributed by atoms with Gasteiger partial charge in [0.1, 0.15) is 5.41 Å². The second kappa shape index (κ2) is 11.9. The number of carbonyl (C=O) groups excluding carboxylic acids is 1. The summed E-state index contributed by atoms with van der Waals surface area (Å²) in [5.74, 6) is -1.29. The molecular formula is C21H29BrN2O4S. The molecule has 8 heteroatoms. The van der Waals surface area contributed by atoms with E-state index in [9.17, 15) is 14.7 Å². The number of carboxylic acids is 1. The van der Waals surface area contributed by atoms with Gasteiger partial charge in [-0.05, 0) is 38.8 Å². The van der Waals surface area contributed by atoms with E-state index in [0.717, 1.165) is 23.4 Å². The van der Waals surface area contributed by atoms with Crippen molar-refractivity contribution < 1.29 is 19.4 Å². The molecule has 0 aliphatic carbocycles. The molecule has 1 aromatic carbocycles. The second-order valence-corrected chi connectivity index (χ2v) is 7.85. The van der Waals surface area contributed by atoms with Crippen LogP contribution < -0.4 is 5.32 Å². The van der Waals surface area contributed by atoms with Crippen molar-refractivity contribution in [1.29, 1.82) is 0 Å². The zero-order valence-electron chi connectivity index (χ0n) is 17.1. The van der Waals surface area contributed by atoms with E-state index in [0.29, 0.717) is 11.6 Å². The van der Waals surface area contributed by atoms with Crippen molar-refractivity contribution in [2.24, 2.45) is 0 Å². The second-order valence-electron chi connectivity index (χ2n) is 6.82. The average Bonchev–Trinajstić information content (AvgIpc) is 3.13. The first kappa shape index (κ1) is 25.1. The van der Waals surface area contributed by atoms with E-state index in [-0.39, 0.29) is 42.4 Å². The molecule has 6 nitrogen and oxygen atoms in total. The maximum atomic E-state index is 12.9. The Kier molecular flexibility index (Phi) is 10.3. The van der Waals surface area contributed by atoms with Crippen molar-refractivity contribution in [3.8, 4) is 0 Å². The van der Waals surface area contributed by atoms with Gasteiger partial charge in [-0.1, -0.05) is 37.5 Å². The molecule has 0 fully saturated rings. The highest BCUT2D eigenvalue weighted by Gasteiger charge is 2.43. The van der Waals surface area contributed by atoms with Crippen LogP contribution in [0.3, 0.4) is 0 Å². The number of rotatable bonds is 11. The fraction of sp³-hybridized carbons (Fsp3) is 0.476. The van der Waals surface area contributed by atoms with E-state index in [2.05, 4.69) is 10.3 Å². The molecule has 0 radical (unpaired) electrons. The van der Waals surface area contributed by atoms with Gasteiger partial charge in [0.25, 0.3) is 0 Å². The van der Waals surface area contributed by atoms with Crippen LogP contribution in [-0.2, 0) is 19.7 Å². The Labute approximate surface area is 186 Å². The standard InChI is InChI=1S/C21H28N2O4S.BrH/c1-4-6-12-21(13-11-18(24)25,19(26)27-5-2)17-14-22-20(28-17)23-16-9-7-15(3)8-10-16;/h7-10,14H,4-6,11-13H2,1-3H3,(H,22,23)(H,24,25);1H. The van der Waals surface area contributed by atoms with Crippen molar-refractivity contribution in [3.63, 3.8) is 0 Å². The van der Waals surface area contributed by atoms with Crippen LogP contribution in [0.1, 0.15) is 56.4 Å². The molecule has 0 aliphatic rings. The van der Waals surface area contributed by atoms with E-state index < -0.39 is 11.4 Å². The minimum absolute atomic E-state index is 0. The number of unbranched alkanes of at least 4 members (excludes halogenated alkanes) is 1. The summed E-state index contributed by atoms with van der Waals surface area (Å²) >= 11 is 1.38. The molecule has 2 N–H and O–H groups in total. The van der Waals surface area contributed by atoms with Crippen LogP contribution in [0, 0.1) is 6.92 Å². The summed E-state index contributed by atoms with van der Waals surface area (Å²) in [5.41, 5.74) is 1.10. The van der Waals surface area contributed by atoms with E-state index in [4.69, 9.17) is 4.74 Å². The maximum absolute atomic E-state index is 12.9. The third-order valence-corrected chi connectivity index (χ3v) is 5.79. The number of anilines is 2. The van der Waals surface area contributed by atoms with Crippen molar-refractivity contribution in [2.45, 2.75) is 58.3 Å². The molecule has 2 aromatic rings. The monoisotopic (exact) mass is 484 g/mol. The molecule has 1 aromatic heterocycles. The molecule has 0 aliphatic heterocycles. The normalized spacial score (nSPS) is 12.5. The summed E-state index contributed by atoms with van der Waals surface area (Å²) in [4.78, 5) is 29.3. The third-order valence-electron chi connectivity index (χ3n) is 4.67. The fourth-order valence-electron chi connectivity index (χ4n) is 3.06. The van der Waals surface area contributed by atoms with Crippen LogP contribution in [0.5, 0.6) is 0 Å². The van der Waals surface area contributed by atoms with Gasteiger partial charge in [0.05, 0.1) is 6.61 Å². The van der Waals surface area contributed by atoms with Crippen LogP contribution in [-0.4, -0.2) is 28.6 Å². The quantitative estimate of drug-likeness (QED) is 0.401. The topological polar surface area (TPSA) is 88.5 Å². The van der Waals surface area contributed by atoms with Gasteiger partial charge in [-0.3, -0.25) is 9.59 Å². The number of aliphatic carboxylic acids is 1. The van der Waals surface area contributed by atoms with Gasteiger partial charge in [-0.25, -0.2) is 4.98 Å². The lowest BCUT2D eigenvalue weighted by Gasteiger charge is -2.29. The molecule has 0 bridgehead atoms. The number of halogens is 1. The first-order chi connectivity index (χ1) is 13.4. The number of nitrogens with zero attached hydrogens (tertiary/aromatic N) is 1. The Morgan fingerprint density at radius 3 is 2.48 bits per heavy atom. The lowest BCUT2D eigenvalue weighted by atomic mass is 9.77. The predicted octanol–water partition coefficient (Wildman–Crippen LogP) is 5.63. The molecule has 2 rings (SSSR count). The largest absolute Gasteiger partial charge is 0.481 e. The van der Waals surface area contributed by atoms with Crippen molar-refractivity contribution in [3.05, 3.63) is 40.9 Å². The summed E-state index contributed by atoms with van der Waals surface area (Å²) in [6, 6.07) is 7.95. The van der Waals surface area contributed by atoms with E-state index in [1.807, 2.05) is 38.1 Å². The summed E-state index contributed by atoms with van der Waals surface area (Å²) in [5, 5.41) is 13.1. The van der Waals surface area contributed by atoms with Crippen molar-refractivity contribution >= 4 is 51.1 Å². The molecule has 0 saturated carbocycles. The van der Waals surface area contributed by atoms with Crippen LogP contribution in [0.25, 0.3) is 0 Å². The Bertz CT molecular complexity index is 794. The number of hydrogen-bond donors (Lipinski definition) is 2. The number of carboxylic acid groups (broad SMARTS) is 1. The molecular weight excluding hydrogens is 456 g/mol. The molecule has 1 unspecified atom stereocenters. The van der Waals surface area contributed by atoms with Crippen molar-refractivity contribution in [2.75, 3.05) is 11.9 Å². The molecule has 0 saturated heterocycles. The number of esters is 1. The van der Waals surface area contributed by atoms with Gasteiger partial charge in [0.2, 0.25) is 0 Å². The molecule has 0 spiro atoms. The van der Waals surface area contributed by atoms with Gasteiger partial charge >= 0.3 is 11.9 Å². The maximum Gasteiger partial charge on any atom is 0.317 e. The zero-order chi connectivity index (χ0) is 20.6. The lowest BCUT2D eigenvalue weighted by Crippen LogP contribution is -2.37. The smallest absolute Gasteiger partial charge is 0.317 e. The third kappa shape index (κ3) is 6.82. The molecule has 160 valence electrons. The Morgan fingerprint density at radius 2 is 1.90 bits per heavy atom. The number of carbonyl (C=O) groups is 2. The highest BCUT2D eigenvalue weighted by atomic mass is 79.9. The van der Waals surface area contributed by atoms with Crippen LogP contribution in [0.2, 0.25) is 0 Å². The van der Waals surface area contributed by atoms with Gasteiger partial charge in [-0.2, -0.15) is 0 Å². The average molecular weight is 485 g/mol. The Hall–Kier alpha value is -1.93. The van der Waals surface area contributed by atoms with Crippen LogP contribution in [0.15, 0.2) is 30.5 Å². The van der Waals surface area contributed by atoms with E-state index in [1.165, 1.54) is 16.9 Å². The predicted molar refractivity (Wildman–Crippen MR) is 122 cm³/mol. The fourth-order valence-corrected chi connectivity index (χ4v) is 4.13. The Morgan fingerprint density at radius 1 is 1.21 bits per heavy atom. The molecule has 1 atom stereocenters. The van der Waals surface area contributed by atoms with Crippen LogP contribution >= 0.6 is 28.3 Å². The summed E-state index contributed by atoms with van der Waals surface area (Å²) in [7, 11) is 0. The van der Waals surface area contributed by atoms with Gasteiger partial charge in [0.15, 0.2) is 5.13 Å². The number of aryl methyl sites for hydroxylation is 1. The van der Waals surface area contributed by atoms with E-state index >= 15 is 0 Å². The van der Waals surface area contributed by atoms with Gasteiger partial charge in [0, 0.05) is 23.2 Å². The molecule has 0 amide bonds. The number of aromatic nitrogens is 1. The minimum Gasteiger partial charge on any atom is -0.481 e. The molecule has 29 heavy (non-hydrogen) atoms. The van der Waals surface area contributed by atoms with Gasteiger partial charge < -0.3 is 15.2 Å². The lowest BCUT2D eigenvalue weighted by molar-refractivity contribution is -0.151. The SMILES string of the molecule is Br.CCCCC(CCC(=O)O)(C(=O)OCC)c1cnc(Nc2ccc(C)cc2)s1. The van der Waals surface area contributed by atoms with E-state index in [1.54, 1.807) is 13.1 Å². The summed E-state index contributed by atoms with van der Waals surface area (Å²) in [6.45, 7) is 6.09. The first-order valence-electron chi connectivity index (χ1n) is 9.60. The number of hydrogen-bond acceptors (Lipinski definition) is 6. The minimum atomic E-state index is -0.977. The van der Waals surface area contributed by atoms with Gasteiger partial charge in [-0.15, -0.1) is 28.3 Å². The summed E-state index contributed by atoms with van der Waals surface area (Å²) in [6.07, 6.45) is 4.03. The highest BCUT2D eigenvalue weighted by Crippen LogP contribution is 2.41. The molecule has 1 heterocycles. The van der Waals surface area contributed by atoms with Crippen LogP contribution in [0.4, 0.5) is 10.8 Å². The number of ether oxygens (including phenoxy) is 1. The Balaban J connectivity index is 0.00000420. The zero-order valence-corrected chi connectivity index (χ0v) is 19.6. The first-order valence-corrected chi connectivity index (χ1v) is 10.4. The highest BCUT2D eigenvalue weighted by molar-refractivity contribution is 8.93. The number of nitrogens with one attached hydrogen (secondary N) is 1. The van der Waals surface area contributed by atoms with Crippen molar-refractivity contribution in [1.82, 2.24) is 4.98 Å². The summed E-state index contributed by atoms with van der Waals surface area (Å²) < 4.78 is 5.36. The number of benzene rings is 1. The number of thiazole rings is 1.